The zero-order valence-electron chi connectivity index (χ0n) is 17.9. The quantitative estimate of drug-likeness (QED) is 0.345. The number of aromatic amines is 1. The molecule has 0 aliphatic carbocycles. The van der Waals surface area contributed by atoms with Crippen LogP contribution in [0.5, 0.6) is 5.75 Å². The molecule has 1 aliphatic heterocycles. The maximum absolute atomic E-state index is 13.2. The van der Waals surface area contributed by atoms with Crippen LogP contribution in [0.1, 0.15) is 42.5 Å². The highest BCUT2D eigenvalue weighted by Crippen LogP contribution is 2.43. The lowest BCUT2D eigenvalue weighted by molar-refractivity contribution is -0.139. The number of fused-ring (bicyclic) bond motifs is 1. The number of aliphatic hydroxyl groups excluding tert-OH is 1. The number of carbonyl (C=O) groups excluding carboxylic acids is 2. The van der Waals surface area contributed by atoms with Crippen LogP contribution in [0.3, 0.4) is 0 Å². The van der Waals surface area contributed by atoms with E-state index in [0.29, 0.717) is 17.9 Å². The van der Waals surface area contributed by atoms with E-state index in [0.717, 1.165) is 34.9 Å². The molecule has 2 heterocycles. The summed E-state index contributed by atoms with van der Waals surface area (Å²) in [5.74, 6) is -1.03. The molecule has 3 aromatic rings. The van der Waals surface area contributed by atoms with Gasteiger partial charge in [0, 0.05) is 29.2 Å². The fraction of sp³-hybridized carbons (Fsp3) is 0.280. The molecule has 6 heteroatoms. The Balaban J connectivity index is 1.96. The first-order valence-electron chi connectivity index (χ1n) is 10.5. The van der Waals surface area contributed by atoms with Gasteiger partial charge in [0.25, 0.3) is 11.7 Å². The average Bonchev–Trinajstić information content (AvgIpc) is 3.30. The number of nitrogens with zero attached hydrogens (tertiary/aromatic N) is 1. The Morgan fingerprint density at radius 2 is 1.97 bits per heavy atom. The molecule has 0 bridgehead atoms. The second kappa shape index (κ2) is 8.30. The summed E-state index contributed by atoms with van der Waals surface area (Å²) in [6.07, 6.45) is 3.47. The van der Waals surface area contributed by atoms with Gasteiger partial charge in [0.15, 0.2) is 0 Å². The molecule has 2 aromatic carbocycles. The zero-order valence-corrected chi connectivity index (χ0v) is 17.9. The summed E-state index contributed by atoms with van der Waals surface area (Å²) >= 11 is 0. The van der Waals surface area contributed by atoms with Gasteiger partial charge in [0.05, 0.1) is 24.3 Å². The lowest BCUT2D eigenvalue weighted by Crippen LogP contribution is -2.30. The van der Waals surface area contributed by atoms with E-state index in [4.69, 9.17) is 4.74 Å². The number of hydrogen-bond acceptors (Lipinski definition) is 4. The fourth-order valence-electron chi connectivity index (χ4n) is 4.23. The summed E-state index contributed by atoms with van der Waals surface area (Å²) in [5.41, 5.74) is 3.10. The molecule has 31 heavy (non-hydrogen) atoms. The molecular formula is C25H26N2O4. The summed E-state index contributed by atoms with van der Waals surface area (Å²) in [5, 5.41) is 12.2. The Hall–Kier alpha value is -3.54. The van der Waals surface area contributed by atoms with Crippen molar-refractivity contribution in [1.29, 1.82) is 0 Å². The molecule has 1 aliphatic rings. The first kappa shape index (κ1) is 20.7. The lowest BCUT2D eigenvalue weighted by Gasteiger charge is -2.25. The lowest BCUT2D eigenvalue weighted by atomic mass is 9.94. The number of carbonyl (C=O) groups is 2. The normalized spacial score (nSPS) is 18.2. The maximum Gasteiger partial charge on any atom is 0.295 e. The zero-order chi connectivity index (χ0) is 22.1. The Bertz CT molecular complexity index is 1190. The largest absolute Gasteiger partial charge is 0.507 e. The van der Waals surface area contributed by atoms with Crippen LogP contribution in [0.4, 0.5) is 0 Å². The number of ether oxygens (including phenoxy) is 1. The van der Waals surface area contributed by atoms with Crippen molar-refractivity contribution in [2.75, 3.05) is 13.7 Å². The third-order valence-electron chi connectivity index (χ3n) is 5.82. The van der Waals surface area contributed by atoms with Crippen LogP contribution < -0.4 is 4.74 Å². The van der Waals surface area contributed by atoms with Gasteiger partial charge in [-0.25, -0.2) is 0 Å². The van der Waals surface area contributed by atoms with Gasteiger partial charge in [0.1, 0.15) is 11.5 Å². The van der Waals surface area contributed by atoms with E-state index >= 15 is 0 Å². The van der Waals surface area contributed by atoms with E-state index in [2.05, 4.69) is 4.98 Å². The van der Waals surface area contributed by atoms with Crippen molar-refractivity contribution in [3.8, 4) is 5.75 Å². The van der Waals surface area contributed by atoms with Crippen LogP contribution >= 0.6 is 0 Å². The number of methoxy groups -OCH3 is 1. The monoisotopic (exact) mass is 418 g/mol. The minimum absolute atomic E-state index is 0.0924. The van der Waals surface area contributed by atoms with Crippen LogP contribution in [-0.4, -0.2) is 40.3 Å². The van der Waals surface area contributed by atoms with Gasteiger partial charge in [-0.1, -0.05) is 43.2 Å². The number of H-pyrrole nitrogens is 1. The van der Waals surface area contributed by atoms with E-state index in [1.165, 1.54) is 7.11 Å². The van der Waals surface area contributed by atoms with Crippen LogP contribution in [0, 0.1) is 6.92 Å². The predicted octanol–water partition coefficient (Wildman–Crippen LogP) is 4.71. The highest BCUT2D eigenvalue weighted by Gasteiger charge is 2.46. The van der Waals surface area contributed by atoms with Gasteiger partial charge in [-0.15, -0.1) is 0 Å². The molecule has 2 N–H and O–H groups in total. The Morgan fingerprint density at radius 3 is 2.71 bits per heavy atom. The molecule has 1 saturated heterocycles. The van der Waals surface area contributed by atoms with Gasteiger partial charge >= 0.3 is 0 Å². The van der Waals surface area contributed by atoms with E-state index in [1.54, 1.807) is 17.0 Å². The van der Waals surface area contributed by atoms with Crippen molar-refractivity contribution < 1.29 is 19.4 Å². The number of benzene rings is 2. The number of aryl methyl sites for hydroxylation is 1. The number of nitrogens with one attached hydrogen (secondary N) is 1. The predicted molar refractivity (Wildman–Crippen MR) is 120 cm³/mol. The van der Waals surface area contributed by atoms with Crippen molar-refractivity contribution in [3.05, 3.63) is 70.9 Å². The molecule has 4 rings (SSSR count). The fourth-order valence-corrected chi connectivity index (χ4v) is 4.23. The van der Waals surface area contributed by atoms with Crippen LogP contribution in [0.25, 0.3) is 16.7 Å². The third-order valence-corrected chi connectivity index (χ3v) is 5.82. The van der Waals surface area contributed by atoms with E-state index in [1.807, 2.05) is 50.4 Å². The average molecular weight is 418 g/mol. The van der Waals surface area contributed by atoms with Crippen LogP contribution in [0.2, 0.25) is 0 Å². The van der Waals surface area contributed by atoms with E-state index < -0.39 is 17.7 Å². The standard InChI is InChI=1S/C25H26N2O4/c1-4-5-12-27-22(18-14-26-19-9-7-6-8-16(18)19)21(24(29)25(27)30)23(28)17-13-15(2)10-11-20(17)31-3/h6-11,13-14,22,26,28H,4-5,12H2,1-3H3/b23-21+. The number of Topliss-reactive ketones (excluding diaryl/α,β-unsaturated/α-hetero) is 1. The van der Waals surface area contributed by atoms with Gasteiger partial charge in [-0.2, -0.15) is 0 Å². The first-order valence-corrected chi connectivity index (χ1v) is 10.5. The molecular weight excluding hydrogens is 392 g/mol. The Morgan fingerprint density at radius 1 is 1.19 bits per heavy atom. The number of para-hydroxylation sites is 1. The Kier molecular flexibility index (Phi) is 5.55. The van der Waals surface area contributed by atoms with Gasteiger partial charge in [-0.3, -0.25) is 9.59 Å². The number of unbranched alkanes of at least 4 members (excludes halogenated alkanes) is 1. The molecule has 6 nitrogen and oxygen atoms in total. The first-order chi connectivity index (χ1) is 15.0. The van der Waals surface area contributed by atoms with Crippen molar-refractivity contribution in [2.24, 2.45) is 0 Å². The summed E-state index contributed by atoms with van der Waals surface area (Å²) in [6.45, 7) is 4.37. The molecule has 160 valence electrons. The van der Waals surface area contributed by atoms with Crippen molar-refractivity contribution >= 4 is 28.4 Å². The SMILES string of the molecule is CCCCN1C(=O)C(=O)/C(=C(/O)c2cc(C)ccc2OC)C1c1c[nH]c2ccccc12. The molecule has 0 radical (unpaired) electrons. The number of amides is 1. The Labute approximate surface area is 181 Å². The minimum Gasteiger partial charge on any atom is -0.507 e. The summed E-state index contributed by atoms with van der Waals surface area (Å²) < 4.78 is 5.42. The van der Waals surface area contributed by atoms with Gasteiger partial charge in [-0.05, 0) is 31.5 Å². The van der Waals surface area contributed by atoms with Crippen LogP contribution in [-0.2, 0) is 9.59 Å². The van der Waals surface area contributed by atoms with Gasteiger partial charge in [0.2, 0.25) is 0 Å². The summed E-state index contributed by atoms with van der Waals surface area (Å²) in [6, 6.07) is 12.4. The molecule has 1 fully saturated rings. The number of ketones is 1. The number of aromatic nitrogens is 1. The van der Waals surface area contributed by atoms with E-state index in [-0.39, 0.29) is 11.3 Å². The number of likely N-dealkylation sites (tertiary alicyclic amines) is 1. The molecule has 1 atom stereocenters. The smallest absolute Gasteiger partial charge is 0.295 e. The number of hydrogen-bond donors (Lipinski definition) is 2. The topological polar surface area (TPSA) is 82.6 Å². The number of aliphatic hydroxyl groups is 1. The molecule has 0 spiro atoms. The number of rotatable bonds is 6. The van der Waals surface area contributed by atoms with Crippen molar-refractivity contribution in [2.45, 2.75) is 32.7 Å². The van der Waals surface area contributed by atoms with Crippen molar-refractivity contribution in [3.63, 3.8) is 0 Å². The highest BCUT2D eigenvalue weighted by molar-refractivity contribution is 6.46. The van der Waals surface area contributed by atoms with E-state index in [9.17, 15) is 14.7 Å². The second-order valence-corrected chi connectivity index (χ2v) is 7.84. The second-order valence-electron chi connectivity index (χ2n) is 7.84. The summed E-state index contributed by atoms with van der Waals surface area (Å²) in [7, 11) is 1.51. The van der Waals surface area contributed by atoms with Crippen molar-refractivity contribution in [1.82, 2.24) is 9.88 Å². The third kappa shape index (κ3) is 3.48. The summed E-state index contributed by atoms with van der Waals surface area (Å²) in [4.78, 5) is 31.0. The molecule has 1 amide bonds. The molecule has 0 saturated carbocycles. The molecule has 1 aromatic heterocycles. The molecule has 1 unspecified atom stereocenters. The highest BCUT2D eigenvalue weighted by atomic mass is 16.5. The minimum atomic E-state index is -0.674. The van der Waals surface area contributed by atoms with Crippen LogP contribution in [0.15, 0.2) is 54.2 Å². The van der Waals surface area contributed by atoms with Gasteiger partial charge < -0.3 is 19.7 Å². The maximum atomic E-state index is 13.2.